The number of carbonyl (C=O) groups excluding carboxylic acids is 1. The van der Waals surface area contributed by atoms with Crippen molar-refractivity contribution in [3.05, 3.63) is 0 Å². The van der Waals surface area contributed by atoms with Crippen molar-refractivity contribution < 1.29 is 9.53 Å². The highest BCUT2D eigenvalue weighted by molar-refractivity contribution is 5.70. The van der Waals surface area contributed by atoms with E-state index in [0.29, 0.717) is 18.3 Å². The number of hydrogen-bond donors (Lipinski definition) is 0. The monoisotopic (exact) mass is 168 g/mol. The molecule has 1 saturated carbocycles. The molecule has 0 aromatic heterocycles. The fourth-order valence-corrected chi connectivity index (χ4v) is 2.78. The lowest BCUT2D eigenvalue weighted by Gasteiger charge is -2.32. The van der Waals surface area contributed by atoms with Crippen LogP contribution in [-0.2, 0) is 9.53 Å². The summed E-state index contributed by atoms with van der Waals surface area (Å²) >= 11 is 0. The van der Waals surface area contributed by atoms with Crippen molar-refractivity contribution in [1.29, 1.82) is 0 Å². The zero-order valence-electron chi connectivity index (χ0n) is 7.75. The third-order valence-electron chi connectivity index (χ3n) is 3.56. The Morgan fingerprint density at radius 3 is 2.75 bits per heavy atom. The molecule has 0 spiro atoms. The Hall–Kier alpha value is -0.530. The summed E-state index contributed by atoms with van der Waals surface area (Å²) in [7, 11) is 0. The molecule has 1 heterocycles. The Bertz CT molecular complexity index is 200. The average molecular weight is 168 g/mol. The Kier molecular flexibility index (Phi) is 1.85. The van der Waals surface area contributed by atoms with E-state index in [9.17, 15) is 4.79 Å². The van der Waals surface area contributed by atoms with Crippen molar-refractivity contribution >= 4 is 5.97 Å². The lowest BCUT2D eigenvalue weighted by Crippen LogP contribution is -2.35. The molecule has 12 heavy (non-hydrogen) atoms. The van der Waals surface area contributed by atoms with E-state index < -0.39 is 0 Å². The highest BCUT2D eigenvalue weighted by Gasteiger charge is 2.42. The van der Waals surface area contributed by atoms with Crippen molar-refractivity contribution in [3.8, 4) is 0 Å². The van der Waals surface area contributed by atoms with E-state index in [4.69, 9.17) is 4.74 Å². The van der Waals surface area contributed by atoms with Gasteiger partial charge in [-0.25, -0.2) is 0 Å². The van der Waals surface area contributed by atoms with Crippen LogP contribution in [0.3, 0.4) is 0 Å². The molecule has 0 radical (unpaired) electrons. The van der Waals surface area contributed by atoms with Gasteiger partial charge in [-0.05, 0) is 31.1 Å². The predicted octanol–water partition coefficient (Wildman–Crippen LogP) is 1.98. The van der Waals surface area contributed by atoms with Crippen LogP contribution in [0.1, 0.15) is 33.1 Å². The molecule has 2 heteroatoms. The number of fused-ring (bicyclic) bond motifs is 1. The largest absolute Gasteiger partial charge is 0.462 e. The molecule has 0 amide bonds. The van der Waals surface area contributed by atoms with Crippen LogP contribution in [0.5, 0.6) is 0 Å². The Morgan fingerprint density at radius 1 is 1.25 bits per heavy atom. The zero-order valence-corrected chi connectivity index (χ0v) is 7.75. The maximum atomic E-state index is 11.1. The first-order valence-corrected chi connectivity index (χ1v) is 4.88. The average Bonchev–Trinajstić information content (AvgIpc) is 2.33. The minimum Gasteiger partial charge on any atom is -0.462 e. The summed E-state index contributed by atoms with van der Waals surface area (Å²) in [6, 6.07) is 0. The maximum Gasteiger partial charge on any atom is 0.306 e. The minimum atomic E-state index is 0.0116. The molecular formula is C10H16O2. The predicted molar refractivity (Wildman–Crippen MR) is 45.5 cm³/mol. The van der Waals surface area contributed by atoms with E-state index in [0.717, 1.165) is 5.92 Å². The van der Waals surface area contributed by atoms with E-state index in [1.807, 2.05) is 6.92 Å². The van der Waals surface area contributed by atoms with Gasteiger partial charge >= 0.3 is 5.97 Å². The minimum absolute atomic E-state index is 0.0116. The van der Waals surface area contributed by atoms with Gasteiger partial charge in [0.1, 0.15) is 6.10 Å². The molecule has 2 fully saturated rings. The normalized spacial score (nSPS) is 47.0. The number of esters is 1. The molecule has 0 bridgehead atoms. The van der Waals surface area contributed by atoms with Crippen LogP contribution >= 0.6 is 0 Å². The Labute approximate surface area is 73.3 Å². The van der Waals surface area contributed by atoms with Crippen LogP contribution in [0.2, 0.25) is 0 Å². The molecule has 1 saturated heterocycles. The molecule has 2 aliphatic rings. The standard InChI is InChI=1S/C10H16O2/c1-6-3-4-8-7(2)12-10(11)5-9(6)8/h6-9H,3-5H2,1-2H3/t6-,7-,8-,9-/m0/s1. The van der Waals surface area contributed by atoms with Crippen LogP contribution in [0.25, 0.3) is 0 Å². The molecule has 0 N–H and O–H groups in total. The van der Waals surface area contributed by atoms with Gasteiger partial charge in [0.05, 0.1) is 0 Å². The molecule has 68 valence electrons. The lowest BCUT2D eigenvalue weighted by molar-refractivity contribution is -0.160. The van der Waals surface area contributed by atoms with E-state index in [2.05, 4.69) is 6.92 Å². The van der Waals surface area contributed by atoms with Crippen LogP contribution < -0.4 is 0 Å². The summed E-state index contributed by atoms with van der Waals surface area (Å²) in [5.74, 6) is 2.00. The summed E-state index contributed by atoms with van der Waals surface area (Å²) in [5, 5.41) is 0. The van der Waals surface area contributed by atoms with Crippen molar-refractivity contribution in [1.82, 2.24) is 0 Å². The molecule has 0 unspecified atom stereocenters. The smallest absolute Gasteiger partial charge is 0.306 e. The molecule has 1 aliphatic heterocycles. The highest BCUT2D eigenvalue weighted by Crippen LogP contribution is 2.44. The van der Waals surface area contributed by atoms with Gasteiger partial charge in [0.2, 0.25) is 0 Å². The Morgan fingerprint density at radius 2 is 2.00 bits per heavy atom. The first-order valence-electron chi connectivity index (χ1n) is 4.88. The number of rotatable bonds is 0. The number of ether oxygens (including phenoxy) is 1. The van der Waals surface area contributed by atoms with E-state index in [1.54, 1.807) is 0 Å². The quantitative estimate of drug-likeness (QED) is 0.517. The van der Waals surface area contributed by atoms with Gasteiger partial charge in [0, 0.05) is 6.42 Å². The van der Waals surface area contributed by atoms with Crippen LogP contribution in [0, 0.1) is 17.8 Å². The molecule has 2 rings (SSSR count). The summed E-state index contributed by atoms with van der Waals surface area (Å²) in [5.41, 5.74) is 0. The summed E-state index contributed by atoms with van der Waals surface area (Å²) < 4.78 is 5.21. The second-order valence-electron chi connectivity index (χ2n) is 4.28. The lowest BCUT2D eigenvalue weighted by atomic mass is 9.83. The molecule has 0 aromatic rings. The summed E-state index contributed by atoms with van der Waals surface area (Å²) in [6.45, 7) is 4.29. The summed E-state index contributed by atoms with van der Waals surface area (Å²) in [6.07, 6.45) is 3.36. The third kappa shape index (κ3) is 1.13. The number of cyclic esters (lactones) is 1. The van der Waals surface area contributed by atoms with Crippen molar-refractivity contribution in [2.24, 2.45) is 17.8 Å². The highest BCUT2D eigenvalue weighted by atomic mass is 16.5. The fourth-order valence-electron chi connectivity index (χ4n) is 2.78. The zero-order chi connectivity index (χ0) is 8.72. The van der Waals surface area contributed by atoms with Gasteiger partial charge in [0.25, 0.3) is 0 Å². The van der Waals surface area contributed by atoms with Crippen LogP contribution in [0.15, 0.2) is 0 Å². The number of hydrogen-bond acceptors (Lipinski definition) is 2. The second-order valence-corrected chi connectivity index (χ2v) is 4.28. The third-order valence-corrected chi connectivity index (χ3v) is 3.56. The molecular weight excluding hydrogens is 152 g/mol. The second kappa shape index (κ2) is 2.75. The van der Waals surface area contributed by atoms with Gasteiger partial charge in [-0.3, -0.25) is 4.79 Å². The maximum absolute atomic E-state index is 11.1. The van der Waals surface area contributed by atoms with E-state index >= 15 is 0 Å². The van der Waals surface area contributed by atoms with Gasteiger partial charge in [-0.2, -0.15) is 0 Å². The van der Waals surface area contributed by atoms with Crippen LogP contribution in [-0.4, -0.2) is 12.1 Å². The van der Waals surface area contributed by atoms with Gasteiger partial charge in [0.15, 0.2) is 0 Å². The summed E-state index contributed by atoms with van der Waals surface area (Å²) in [4.78, 5) is 11.1. The van der Waals surface area contributed by atoms with E-state index in [1.165, 1.54) is 12.8 Å². The molecule has 1 aliphatic carbocycles. The molecule has 2 nitrogen and oxygen atoms in total. The Balaban J connectivity index is 2.13. The molecule has 4 atom stereocenters. The topological polar surface area (TPSA) is 26.3 Å². The first-order chi connectivity index (χ1) is 5.68. The van der Waals surface area contributed by atoms with E-state index in [-0.39, 0.29) is 12.1 Å². The van der Waals surface area contributed by atoms with Crippen LogP contribution in [0.4, 0.5) is 0 Å². The van der Waals surface area contributed by atoms with Crippen molar-refractivity contribution in [3.63, 3.8) is 0 Å². The van der Waals surface area contributed by atoms with Gasteiger partial charge in [-0.1, -0.05) is 13.3 Å². The first kappa shape index (κ1) is 8.09. The SMILES string of the molecule is C[C@@H]1OC(=O)C[C@@H]2[C@H]1CC[C@@H]2C. The number of carbonyl (C=O) groups is 1. The molecule has 0 aromatic carbocycles. The van der Waals surface area contributed by atoms with Crippen molar-refractivity contribution in [2.45, 2.75) is 39.2 Å². The van der Waals surface area contributed by atoms with Gasteiger partial charge < -0.3 is 4.74 Å². The van der Waals surface area contributed by atoms with Crippen molar-refractivity contribution in [2.75, 3.05) is 0 Å². The fraction of sp³-hybridized carbons (Fsp3) is 0.900. The van der Waals surface area contributed by atoms with Gasteiger partial charge in [-0.15, -0.1) is 0 Å².